The molecule has 0 spiro atoms. The minimum absolute atomic E-state index is 0.884. The highest BCUT2D eigenvalue weighted by Gasteiger charge is 1.74. The number of nitrogens with zero attached hydrogens (tertiary/aromatic N) is 1. The van der Waals surface area contributed by atoms with Crippen molar-refractivity contribution in [3.05, 3.63) is 12.8 Å². The molecule has 0 amide bonds. The van der Waals surface area contributed by atoms with Crippen LogP contribution in [0.1, 0.15) is 20.8 Å². The summed E-state index contributed by atoms with van der Waals surface area (Å²) in [7, 11) is 1.73. The van der Waals surface area contributed by atoms with Crippen molar-refractivity contribution in [2.75, 3.05) is 7.05 Å². The molecule has 0 saturated carbocycles. The summed E-state index contributed by atoms with van der Waals surface area (Å²) < 4.78 is 0. The van der Waals surface area contributed by atoms with Crippen LogP contribution in [0.5, 0.6) is 0 Å². The van der Waals surface area contributed by atoms with Gasteiger partial charge in [-0.2, -0.15) is 0 Å². The summed E-state index contributed by atoms with van der Waals surface area (Å²) in [6.07, 6.45) is 1.60. The van der Waals surface area contributed by atoms with E-state index in [9.17, 15) is 0 Å². The van der Waals surface area contributed by atoms with Crippen molar-refractivity contribution < 1.29 is 0 Å². The summed E-state index contributed by atoms with van der Waals surface area (Å²) in [5.41, 5.74) is 0. The fourth-order valence-electron chi connectivity index (χ4n) is 0.212. The van der Waals surface area contributed by atoms with E-state index in [0.717, 1.165) is 5.84 Å². The van der Waals surface area contributed by atoms with Gasteiger partial charge in [-0.05, 0) is 13.1 Å². The normalized spacial score (nSPS) is 9.11. The van der Waals surface area contributed by atoms with Gasteiger partial charge in [0.15, 0.2) is 0 Å². The average molecular weight is 128 g/mol. The second kappa shape index (κ2) is 10.2. The van der Waals surface area contributed by atoms with E-state index in [1.165, 1.54) is 0 Å². The molecule has 0 bridgehead atoms. The molecule has 0 heterocycles. The predicted octanol–water partition coefficient (Wildman–Crippen LogP) is 1.79. The number of hydrogen-bond donors (Lipinski definition) is 1. The first-order valence-corrected chi connectivity index (χ1v) is 3.12. The molecule has 0 rings (SSSR count). The van der Waals surface area contributed by atoms with Gasteiger partial charge in [0, 0.05) is 7.05 Å². The monoisotopic (exact) mass is 128 g/mol. The highest BCUT2D eigenvalue weighted by molar-refractivity contribution is 5.80. The summed E-state index contributed by atoms with van der Waals surface area (Å²) >= 11 is 0. The Labute approximate surface area is 57.7 Å². The van der Waals surface area contributed by atoms with Crippen LogP contribution < -0.4 is 5.32 Å². The summed E-state index contributed by atoms with van der Waals surface area (Å²) in [6.45, 7) is 9.33. The van der Waals surface area contributed by atoms with Crippen LogP contribution in [-0.4, -0.2) is 12.9 Å². The van der Waals surface area contributed by atoms with Crippen molar-refractivity contribution in [2.45, 2.75) is 20.8 Å². The van der Waals surface area contributed by atoms with Gasteiger partial charge in [-0.25, -0.2) is 0 Å². The average Bonchev–Trinajstić information content (AvgIpc) is 1.93. The molecule has 0 saturated heterocycles. The van der Waals surface area contributed by atoms with Gasteiger partial charge in [-0.15, -0.1) is 0 Å². The molecule has 0 aromatic heterocycles. The maximum atomic E-state index is 3.81. The summed E-state index contributed by atoms with van der Waals surface area (Å²) in [4.78, 5) is 3.81. The molecular weight excluding hydrogens is 112 g/mol. The maximum Gasteiger partial charge on any atom is 0.0967 e. The van der Waals surface area contributed by atoms with Crippen LogP contribution in [0.2, 0.25) is 0 Å². The molecule has 54 valence electrons. The van der Waals surface area contributed by atoms with Crippen LogP contribution >= 0.6 is 0 Å². The Kier molecular flexibility index (Phi) is 12.6. The quantitative estimate of drug-likeness (QED) is 0.422. The van der Waals surface area contributed by atoms with E-state index in [-0.39, 0.29) is 0 Å². The molecule has 1 N–H and O–H groups in total. The Balaban J connectivity index is 0. The van der Waals surface area contributed by atoms with E-state index in [2.05, 4.69) is 16.9 Å². The van der Waals surface area contributed by atoms with Crippen LogP contribution in [0.3, 0.4) is 0 Å². The van der Waals surface area contributed by atoms with Crippen LogP contribution in [0, 0.1) is 0 Å². The number of aliphatic imine (C=N–C) groups is 1. The Morgan fingerprint density at radius 1 is 1.56 bits per heavy atom. The lowest BCUT2D eigenvalue weighted by Crippen LogP contribution is -2.11. The molecule has 0 aromatic carbocycles. The molecule has 0 aromatic rings. The molecule has 0 fully saturated rings. The van der Waals surface area contributed by atoms with Gasteiger partial charge in [-0.1, -0.05) is 20.4 Å². The highest BCUT2D eigenvalue weighted by Crippen LogP contribution is 1.63. The zero-order chi connectivity index (χ0) is 7.70. The van der Waals surface area contributed by atoms with Gasteiger partial charge in [0.2, 0.25) is 0 Å². The molecule has 9 heavy (non-hydrogen) atoms. The lowest BCUT2D eigenvalue weighted by atomic mass is 10.7. The topological polar surface area (TPSA) is 24.4 Å². The van der Waals surface area contributed by atoms with Crippen molar-refractivity contribution in [3.8, 4) is 0 Å². The van der Waals surface area contributed by atoms with E-state index >= 15 is 0 Å². The Bertz CT molecular complexity index is 84.9. The molecular formula is C7H16N2. The van der Waals surface area contributed by atoms with Crippen molar-refractivity contribution in [2.24, 2.45) is 4.99 Å². The summed E-state index contributed by atoms with van der Waals surface area (Å²) in [6, 6.07) is 0. The zero-order valence-corrected chi connectivity index (χ0v) is 6.73. The van der Waals surface area contributed by atoms with Crippen LogP contribution in [0.25, 0.3) is 0 Å². The molecule has 2 nitrogen and oxygen atoms in total. The van der Waals surface area contributed by atoms with E-state index in [1.807, 2.05) is 20.8 Å². The Morgan fingerprint density at radius 3 is 2.11 bits per heavy atom. The SMILES string of the molecule is C=CNC(C)=NC.CC. The van der Waals surface area contributed by atoms with Crippen LogP contribution in [0.4, 0.5) is 0 Å². The van der Waals surface area contributed by atoms with Gasteiger partial charge >= 0.3 is 0 Å². The smallest absolute Gasteiger partial charge is 0.0967 e. The number of amidine groups is 1. The molecule has 0 aliphatic heterocycles. The summed E-state index contributed by atoms with van der Waals surface area (Å²) in [5, 5.41) is 2.81. The third-order valence-corrected chi connectivity index (χ3v) is 0.646. The molecule has 2 heteroatoms. The number of rotatable bonds is 1. The van der Waals surface area contributed by atoms with Crippen LogP contribution in [-0.2, 0) is 0 Å². The van der Waals surface area contributed by atoms with Gasteiger partial charge in [0.1, 0.15) is 0 Å². The second-order valence-electron chi connectivity index (χ2n) is 1.16. The second-order valence-corrected chi connectivity index (χ2v) is 1.16. The standard InChI is InChI=1S/C5H10N2.C2H6/c1-4-7-5(2)6-3;1-2/h4H,1H2,2-3H3,(H,6,7);1-2H3. The first kappa shape index (κ1) is 11.1. The third-order valence-electron chi connectivity index (χ3n) is 0.646. The molecule has 0 atom stereocenters. The fourth-order valence-corrected chi connectivity index (χ4v) is 0.212. The molecule has 0 aliphatic rings. The Morgan fingerprint density at radius 2 is 2.00 bits per heavy atom. The van der Waals surface area contributed by atoms with E-state index in [0.29, 0.717) is 0 Å². The molecule has 0 unspecified atom stereocenters. The fraction of sp³-hybridized carbons (Fsp3) is 0.571. The molecule has 0 aliphatic carbocycles. The maximum absolute atomic E-state index is 3.81. The van der Waals surface area contributed by atoms with E-state index < -0.39 is 0 Å². The van der Waals surface area contributed by atoms with Crippen molar-refractivity contribution >= 4 is 5.84 Å². The van der Waals surface area contributed by atoms with Crippen LogP contribution in [0.15, 0.2) is 17.8 Å². The van der Waals surface area contributed by atoms with E-state index in [1.54, 1.807) is 13.2 Å². The minimum Gasteiger partial charge on any atom is -0.351 e. The van der Waals surface area contributed by atoms with Crippen molar-refractivity contribution in [1.29, 1.82) is 0 Å². The highest BCUT2D eigenvalue weighted by atomic mass is 14.9. The number of hydrogen-bond acceptors (Lipinski definition) is 1. The summed E-state index contributed by atoms with van der Waals surface area (Å²) in [5.74, 6) is 0.884. The van der Waals surface area contributed by atoms with Gasteiger partial charge in [-0.3, -0.25) is 4.99 Å². The largest absolute Gasteiger partial charge is 0.351 e. The lowest BCUT2D eigenvalue weighted by Gasteiger charge is -1.92. The zero-order valence-electron chi connectivity index (χ0n) is 6.73. The lowest BCUT2D eigenvalue weighted by molar-refractivity contribution is 1.22. The van der Waals surface area contributed by atoms with Gasteiger partial charge in [0.25, 0.3) is 0 Å². The first-order chi connectivity index (χ1) is 4.31. The minimum atomic E-state index is 0.884. The Hall–Kier alpha value is -0.790. The predicted molar refractivity (Wildman–Crippen MR) is 43.7 cm³/mol. The van der Waals surface area contributed by atoms with Crippen molar-refractivity contribution in [1.82, 2.24) is 5.32 Å². The van der Waals surface area contributed by atoms with Gasteiger partial charge in [0.05, 0.1) is 5.84 Å². The van der Waals surface area contributed by atoms with Crippen molar-refractivity contribution in [3.63, 3.8) is 0 Å². The molecule has 0 radical (unpaired) electrons. The van der Waals surface area contributed by atoms with Gasteiger partial charge < -0.3 is 5.32 Å². The van der Waals surface area contributed by atoms with E-state index in [4.69, 9.17) is 0 Å². The third kappa shape index (κ3) is 11.0. The first-order valence-electron chi connectivity index (χ1n) is 3.12. The number of nitrogens with one attached hydrogen (secondary N) is 1.